The van der Waals surface area contributed by atoms with Gasteiger partial charge in [-0.15, -0.1) is 0 Å². The summed E-state index contributed by atoms with van der Waals surface area (Å²) in [5, 5.41) is 20.4. The minimum Gasteiger partial charge on any atom is -0.391 e. The summed E-state index contributed by atoms with van der Waals surface area (Å²) in [5.74, 6) is 0.506. The number of allylic oxidation sites excluding steroid dienone is 1. The smallest absolute Gasteiger partial charge is 0.251 e. The molecule has 2 heterocycles. The highest BCUT2D eigenvalue weighted by molar-refractivity contribution is 6.31. The molecule has 0 radical (unpaired) electrons. The maximum Gasteiger partial charge on any atom is 0.251 e. The summed E-state index contributed by atoms with van der Waals surface area (Å²) in [6, 6.07) is 9.72. The fourth-order valence-corrected chi connectivity index (χ4v) is 4.75. The fourth-order valence-electron chi connectivity index (χ4n) is 4.51. The molecule has 198 valence electrons. The third-order valence-corrected chi connectivity index (χ3v) is 6.73. The van der Waals surface area contributed by atoms with Crippen LogP contribution in [0.4, 0.5) is 10.1 Å². The molecule has 5 N–H and O–H groups in total. The maximum absolute atomic E-state index is 14.3. The second-order valence-corrected chi connectivity index (χ2v) is 9.31. The molecule has 4 rings (SSSR count). The van der Waals surface area contributed by atoms with Gasteiger partial charge >= 0.3 is 0 Å². The fraction of sp³-hybridized carbons (Fsp3) is 0.286. The van der Waals surface area contributed by atoms with Crippen molar-refractivity contribution >= 4 is 41.2 Å². The van der Waals surface area contributed by atoms with Gasteiger partial charge in [0.25, 0.3) is 5.91 Å². The number of guanidine groups is 1. The van der Waals surface area contributed by atoms with E-state index < -0.39 is 6.04 Å². The SMILES string of the molecule is CCN/C=C(\C=N)CNC(=O)C1=C(C)NC(NC2=Nc3ccc(F)c(CC)c3C2)=NC1c1ccccc1Cl. The Balaban J connectivity index is 1.60. The van der Waals surface area contributed by atoms with E-state index in [2.05, 4.69) is 26.3 Å². The molecule has 0 fully saturated rings. The molecule has 1 amide bonds. The first-order chi connectivity index (χ1) is 18.4. The van der Waals surface area contributed by atoms with Crippen molar-refractivity contribution in [3.8, 4) is 0 Å². The number of hydrogen-bond acceptors (Lipinski definition) is 7. The van der Waals surface area contributed by atoms with Crippen LogP contribution in [0.3, 0.4) is 0 Å². The van der Waals surface area contributed by atoms with Crippen LogP contribution < -0.4 is 21.3 Å². The minimum atomic E-state index is -0.679. The van der Waals surface area contributed by atoms with Gasteiger partial charge in [-0.05, 0) is 49.6 Å². The van der Waals surface area contributed by atoms with E-state index in [0.717, 1.165) is 11.3 Å². The van der Waals surface area contributed by atoms with E-state index in [-0.39, 0.29) is 18.3 Å². The van der Waals surface area contributed by atoms with Crippen LogP contribution in [0.5, 0.6) is 0 Å². The van der Waals surface area contributed by atoms with Crippen LogP contribution in [0.25, 0.3) is 0 Å². The maximum atomic E-state index is 14.3. The number of halogens is 2. The first-order valence-electron chi connectivity index (χ1n) is 12.5. The Morgan fingerprint density at radius 3 is 2.76 bits per heavy atom. The van der Waals surface area contributed by atoms with Gasteiger partial charge in [-0.2, -0.15) is 0 Å². The van der Waals surface area contributed by atoms with E-state index in [4.69, 9.17) is 22.0 Å². The molecule has 0 saturated heterocycles. The molecular formula is C28H31ClFN7O. The third kappa shape index (κ3) is 5.78. The molecule has 0 spiro atoms. The van der Waals surface area contributed by atoms with Gasteiger partial charge in [0, 0.05) is 53.8 Å². The zero-order chi connectivity index (χ0) is 27.2. The summed E-state index contributed by atoms with van der Waals surface area (Å²) in [5.41, 5.74) is 4.61. The van der Waals surface area contributed by atoms with Gasteiger partial charge in [0.05, 0.1) is 11.3 Å². The normalized spacial score (nSPS) is 16.8. The van der Waals surface area contributed by atoms with Crippen LogP contribution in [0.2, 0.25) is 5.02 Å². The predicted octanol–water partition coefficient (Wildman–Crippen LogP) is 4.45. The largest absolute Gasteiger partial charge is 0.391 e. The average molecular weight is 536 g/mol. The van der Waals surface area contributed by atoms with E-state index in [1.807, 2.05) is 32.0 Å². The van der Waals surface area contributed by atoms with E-state index in [1.54, 1.807) is 25.3 Å². The summed E-state index contributed by atoms with van der Waals surface area (Å²) < 4.78 is 14.3. The van der Waals surface area contributed by atoms with E-state index in [0.29, 0.717) is 64.2 Å². The van der Waals surface area contributed by atoms with Crippen LogP contribution >= 0.6 is 11.6 Å². The van der Waals surface area contributed by atoms with Gasteiger partial charge in [0.1, 0.15) is 17.7 Å². The number of fused-ring (bicyclic) bond motifs is 1. The number of nitrogens with zero attached hydrogens (tertiary/aromatic N) is 2. The van der Waals surface area contributed by atoms with Gasteiger partial charge in [0.15, 0.2) is 0 Å². The molecule has 38 heavy (non-hydrogen) atoms. The van der Waals surface area contributed by atoms with Crippen molar-refractivity contribution < 1.29 is 9.18 Å². The summed E-state index contributed by atoms with van der Waals surface area (Å²) in [7, 11) is 0. The van der Waals surface area contributed by atoms with Crippen molar-refractivity contribution in [2.45, 2.75) is 39.7 Å². The van der Waals surface area contributed by atoms with Gasteiger partial charge in [-0.1, -0.05) is 36.7 Å². The number of benzene rings is 2. The molecule has 0 aromatic heterocycles. The number of hydrogen-bond donors (Lipinski definition) is 5. The van der Waals surface area contributed by atoms with Crippen LogP contribution in [0.1, 0.15) is 43.5 Å². The monoisotopic (exact) mass is 535 g/mol. The van der Waals surface area contributed by atoms with Crippen LogP contribution in [0.15, 0.2) is 69.4 Å². The highest BCUT2D eigenvalue weighted by Gasteiger charge is 2.31. The molecule has 8 nitrogen and oxygen atoms in total. The molecule has 2 aliphatic rings. The molecule has 0 aliphatic carbocycles. The lowest BCUT2D eigenvalue weighted by Gasteiger charge is -2.27. The van der Waals surface area contributed by atoms with Crippen molar-refractivity contribution in [3.63, 3.8) is 0 Å². The Bertz CT molecular complexity index is 1380. The second kappa shape index (κ2) is 12.0. The topological polar surface area (TPSA) is 114 Å². The Morgan fingerprint density at radius 2 is 2.05 bits per heavy atom. The standard InChI is InChI=1S/C28H31ClFN7O/c1-4-18-20-12-24(35-23(20)11-10-22(18)30)36-28-34-16(3)25(26(37-28)19-8-6-7-9-21(19)29)27(38)33-15-17(13-31)14-32-5-2/h6-11,13-14,26,31-32H,4-5,12,15H2,1-3H3,(H,33,38)(H2,34,35,36,37)/b17-14+,31-13?. The van der Waals surface area contributed by atoms with Gasteiger partial charge in [-0.25, -0.2) is 14.4 Å². The Morgan fingerprint density at radius 1 is 1.26 bits per heavy atom. The van der Waals surface area contributed by atoms with Gasteiger partial charge in [0.2, 0.25) is 5.96 Å². The molecular weight excluding hydrogens is 505 g/mol. The predicted molar refractivity (Wildman–Crippen MR) is 151 cm³/mol. The zero-order valence-electron chi connectivity index (χ0n) is 21.6. The number of carbonyl (C=O) groups excluding carboxylic acids is 1. The van der Waals surface area contributed by atoms with Gasteiger partial charge in [-0.3, -0.25) is 4.79 Å². The van der Waals surface area contributed by atoms with Crippen molar-refractivity contribution in [2.75, 3.05) is 13.1 Å². The lowest BCUT2D eigenvalue weighted by Crippen LogP contribution is -2.45. The molecule has 1 unspecified atom stereocenters. The summed E-state index contributed by atoms with van der Waals surface area (Å²) in [6.45, 7) is 6.57. The Hall–Kier alpha value is -3.98. The first-order valence-corrected chi connectivity index (χ1v) is 12.9. The molecule has 2 aliphatic heterocycles. The minimum absolute atomic E-state index is 0.182. The highest BCUT2D eigenvalue weighted by atomic mass is 35.5. The summed E-state index contributed by atoms with van der Waals surface area (Å²) >= 11 is 6.54. The lowest BCUT2D eigenvalue weighted by atomic mass is 9.95. The van der Waals surface area contributed by atoms with Crippen molar-refractivity contribution in [1.82, 2.24) is 21.3 Å². The zero-order valence-corrected chi connectivity index (χ0v) is 22.3. The van der Waals surface area contributed by atoms with Crippen molar-refractivity contribution in [2.24, 2.45) is 9.98 Å². The number of aliphatic imine (C=N–C) groups is 2. The second-order valence-electron chi connectivity index (χ2n) is 8.91. The molecule has 10 heteroatoms. The number of rotatable bonds is 8. The molecule has 2 aromatic carbocycles. The van der Waals surface area contributed by atoms with Crippen molar-refractivity contribution in [1.29, 1.82) is 5.41 Å². The third-order valence-electron chi connectivity index (χ3n) is 6.38. The number of nitrogens with one attached hydrogen (secondary N) is 5. The van der Waals surface area contributed by atoms with E-state index in [1.165, 1.54) is 12.3 Å². The summed E-state index contributed by atoms with van der Waals surface area (Å²) in [6.07, 6.45) is 3.93. The van der Waals surface area contributed by atoms with Crippen LogP contribution in [-0.4, -0.2) is 37.0 Å². The van der Waals surface area contributed by atoms with E-state index in [9.17, 15) is 9.18 Å². The number of amidine groups is 1. The average Bonchev–Trinajstić information content (AvgIpc) is 3.31. The number of carbonyl (C=O) groups is 1. The quantitative estimate of drug-likeness (QED) is 0.321. The van der Waals surface area contributed by atoms with Crippen LogP contribution in [-0.2, 0) is 17.6 Å². The molecule has 0 saturated carbocycles. The lowest BCUT2D eigenvalue weighted by molar-refractivity contribution is -0.117. The first kappa shape index (κ1) is 27.1. The van der Waals surface area contributed by atoms with Gasteiger partial charge < -0.3 is 26.7 Å². The highest BCUT2D eigenvalue weighted by Crippen LogP contribution is 2.35. The molecule has 0 bridgehead atoms. The summed E-state index contributed by atoms with van der Waals surface area (Å²) in [4.78, 5) is 22.8. The molecule has 1 atom stereocenters. The Labute approximate surface area is 226 Å². The van der Waals surface area contributed by atoms with E-state index >= 15 is 0 Å². The Kier molecular flexibility index (Phi) is 8.58. The van der Waals surface area contributed by atoms with Crippen molar-refractivity contribution in [3.05, 3.63) is 87.0 Å². The number of amides is 1. The molecule has 2 aromatic rings. The van der Waals surface area contributed by atoms with Crippen LogP contribution in [0, 0.1) is 11.2 Å².